The van der Waals surface area contributed by atoms with Gasteiger partial charge < -0.3 is 10.6 Å². The molecule has 1 amide bonds. The lowest BCUT2D eigenvalue weighted by Crippen LogP contribution is -2.48. The maximum atomic E-state index is 13.5. The third-order valence-electron chi connectivity index (χ3n) is 4.24. The van der Waals surface area contributed by atoms with E-state index >= 15 is 0 Å². The Morgan fingerprint density at radius 2 is 1.80 bits per heavy atom. The second kappa shape index (κ2) is 5.48. The van der Waals surface area contributed by atoms with Crippen molar-refractivity contribution in [3.8, 4) is 0 Å². The lowest BCUT2D eigenvalue weighted by atomic mass is 9.99. The molecule has 2 saturated heterocycles. The van der Waals surface area contributed by atoms with E-state index in [-0.39, 0.29) is 23.9 Å². The largest absolute Gasteiger partial charge is 0.353 e. The Morgan fingerprint density at radius 3 is 2.40 bits per heavy atom. The van der Waals surface area contributed by atoms with E-state index in [1.807, 2.05) is 0 Å². The Labute approximate surface area is 116 Å². The fourth-order valence-electron chi connectivity index (χ4n) is 3.32. The summed E-state index contributed by atoms with van der Waals surface area (Å²) >= 11 is 0. The maximum absolute atomic E-state index is 13.5. The standard InChI is InChI=1S/C15H18F2N2O/c16-13-2-1-3-14(17)12(13)8-15(20)19-11-6-9-4-5-10(7-11)18-9/h1-3,9-11,18H,4-8H2,(H,19,20). The van der Waals surface area contributed by atoms with Crippen LogP contribution >= 0.6 is 0 Å². The van der Waals surface area contributed by atoms with Gasteiger partial charge in [0, 0.05) is 23.7 Å². The first-order chi connectivity index (χ1) is 9.61. The summed E-state index contributed by atoms with van der Waals surface area (Å²) in [5.74, 6) is -1.63. The first-order valence-corrected chi connectivity index (χ1v) is 7.10. The first kappa shape index (κ1) is 13.5. The topological polar surface area (TPSA) is 41.1 Å². The Hall–Kier alpha value is -1.49. The van der Waals surface area contributed by atoms with Crippen LogP contribution in [0.2, 0.25) is 0 Å². The molecule has 2 unspecified atom stereocenters. The summed E-state index contributed by atoms with van der Waals surface area (Å²) in [6, 6.07) is 4.73. The van der Waals surface area contributed by atoms with Gasteiger partial charge >= 0.3 is 0 Å². The van der Waals surface area contributed by atoms with Gasteiger partial charge in [0.1, 0.15) is 11.6 Å². The molecule has 108 valence electrons. The Balaban J connectivity index is 1.60. The van der Waals surface area contributed by atoms with Crippen LogP contribution in [0.25, 0.3) is 0 Å². The van der Waals surface area contributed by atoms with E-state index in [1.165, 1.54) is 18.2 Å². The van der Waals surface area contributed by atoms with Crippen LogP contribution in [0, 0.1) is 11.6 Å². The van der Waals surface area contributed by atoms with Gasteiger partial charge in [0.05, 0.1) is 6.42 Å². The molecular weight excluding hydrogens is 262 g/mol. The highest BCUT2D eigenvalue weighted by Gasteiger charge is 2.34. The van der Waals surface area contributed by atoms with Crippen LogP contribution < -0.4 is 10.6 Å². The highest BCUT2D eigenvalue weighted by molar-refractivity contribution is 5.79. The summed E-state index contributed by atoms with van der Waals surface area (Å²) in [5.41, 5.74) is -0.151. The Bertz CT molecular complexity index is 488. The summed E-state index contributed by atoms with van der Waals surface area (Å²) in [5, 5.41) is 6.40. The van der Waals surface area contributed by atoms with Crippen molar-refractivity contribution in [3.05, 3.63) is 35.4 Å². The molecule has 2 aliphatic rings. The predicted octanol–water partition coefficient (Wildman–Crippen LogP) is 1.91. The van der Waals surface area contributed by atoms with E-state index in [1.54, 1.807) is 0 Å². The number of rotatable bonds is 3. The molecule has 2 fully saturated rings. The van der Waals surface area contributed by atoms with Crippen LogP contribution in [-0.4, -0.2) is 24.0 Å². The van der Waals surface area contributed by atoms with Crippen molar-refractivity contribution in [2.75, 3.05) is 0 Å². The van der Waals surface area contributed by atoms with Crippen molar-refractivity contribution in [1.82, 2.24) is 10.6 Å². The van der Waals surface area contributed by atoms with Crippen molar-refractivity contribution < 1.29 is 13.6 Å². The minimum atomic E-state index is -0.662. The van der Waals surface area contributed by atoms with E-state index < -0.39 is 11.6 Å². The van der Waals surface area contributed by atoms with Crippen LogP contribution in [0.15, 0.2) is 18.2 Å². The first-order valence-electron chi connectivity index (χ1n) is 7.10. The lowest BCUT2D eigenvalue weighted by molar-refractivity contribution is -0.121. The number of piperidine rings is 1. The molecule has 2 bridgehead atoms. The van der Waals surface area contributed by atoms with Crippen molar-refractivity contribution in [1.29, 1.82) is 0 Å². The average Bonchev–Trinajstić information content (AvgIpc) is 2.73. The molecule has 0 spiro atoms. The fraction of sp³-hybridized carbons (Fsp3) is 0.533. The van der Waals surface area contributed by atoms with E-state index in [0.717, 1.165) is 25.7 Å². The van der Waals surface area contributed by atoms with Crippen molar-refractivity contribution in [2.24, 2.45) is 0 Å². The zero-order valence-electron chi connectivity index (χ0n) is 11.2. The number of hydrogen-bond donors (Lipinski definition) is 2. The number of amides is 1. The minimum absolute atomic E-state index is 0.121. The number of benzene rings is 1. The Morgan fingerprint density at radius 1 is 1.20 bits per heavy atom. The monoisotopic (exact) mass is 280 g/mol. The van der Waals surface area contributed by atoms with Crippen molar-refractivity contribution in [3.63, 3.8) is 0 Å². The molecule has 2 heterocycles. The number of hydrogen-bond acceptors (Lipinski definition) is 2. The molecule has 1 aromatic carbocycles. The van der Waals surface area contributed by atoms with Gasteiger partial charge in [-0.1, -0.05) is 6.07 Å². The minimum Gasteiger partial charge on any atom is -0.353 e. The summed E-state index contributed by atoms with van der Waals surface area (Å²) in [6.45, 7) is 0. The zero-order chi connectivity index (χ0) is 14.1. The molecular formula is C15H18F2N2O. The van der Waals surface area contributed by atoms with Gasteiger partial charge in [0.15, 0.2) is 0 Å². The molecule has 2 aliphatic heterocycles. The van der Waals surface area contributed by atoms with Crippen LogP contribution in [0.5, 0.6) is 0 Å². The fourth-order valence-corrected chi connectivity index (χ4v) is 3.32. The van der Waals surface area contributed by atoms with Crippen LogP contribution in [-0.2, 0) is 11.2 Å². The number of carbonyl (C=O) groups excluding carboxylic acids is 1. The predicted molar refractivity (Wildman–Crippen MR) is 71.2 cm³/mol. The molecule has 0 saturated carbocycles. The third kappa shape index (κ3) is 2.82. The molecule has 3 nitrogen and oxygen atoms in total. The van der Waals surface area contributed by atoms with Crippen LogP contribution in [0.1, 0.15) is 31.2 Å². The van der Waals surface area contributed by atoms with E-state index in [4.69, 9.17) is 0 Å². The summed E-state index contributed by atoms with van der Waals surface area (Å²) < 4.78 is 27.0. The summed E-state index contributed by atoms with van der Waals surface area (Å²) in [7, 11) is 0. The second-order valence-corrected chi connectivity index (χ2v) is 5.75. The molecule has 2 N–H and O–H groups in total. The average molecular weight is 280 g/mol. The van der Waals surface area contributed by atoms with Gasteiger partial charge in [-0.2, -0.15) is 0 Å². The number of halogens is 2. The van der Waals surface area contributed by atoms with E-state index in [0.29, 0.717) is 12.1 Å². The van der Waals surface area contributed by atoms with Gasteiger partial charge in [-0.15, -0.1) is 0 Å². The van der Waals surface area contributed by atoms with Crippen molar-refractivity contribution in [2.45, 2.75) is 50.2 Å². The molecule has 0 radical (unpaired) electrons. The van der Waals surface area contributed by atoms with E-state index in [9.17, 15) is 13.6 Å². The van der Waals surface area contributed by atoms with Gasteiger partial charge in [-0.3, -0.25) is 4.79 Å². The molecule has 0 aliphatic carbocycles. The number of fused-ring (bicyclic) bond motifs is 2. The van der Waals surface area contributed by atoms with Crippen LogP contribution in [0.3, 0.4) is 0 Å². The van der Waals surface area contributed by atoms with Crippen molar-refractivity contribution >= 4 is 5.91 Å². The molecule has 3 rings (SSSR count). The SMILES string of the molecule is O=C(Cc1c(F)cccc1F)NC1CC2CCC(C1)N2. The molecule has 20 heavy (non-hydrogen) atoms. The quantitative estimate of drug-likeness (QED) is 0.888. The normalized spacial score (nSPS) is 28.4. The summed E-state index contributed by atoms with van der Waals surface area (Å²) in [4.78, 5) is 12.0. The Kier molecular flexibility index (Phi) is 3.70. The second-order valence-electron chi connectivity index (χ2n) is 5.75. The van der Waals surface area contributed by atoms with Gasteiger partial charge in [-0.05, 0) is 37.8 Å². The van der Waals surface area contributed by atoms with Crippen LogP contribution in [0.4, 0.5) is 8.78 Å². The van der Waals surface area contributed by atoms with E-state index in [2.05, 4.69) is 10.6 Å². The smallest absolute Gasteiger partial charge is 0.224 e. The third-order valence-corrected chi connectivity index (χ3v) is 4.24. The number of nitrogens with one attached hydrogen (secondary N) is 2. The summed E-state index contributed by atoms with van der Waals surface area (Å²) in [6.07, 6.45) is 3.87. The lowest BCUT2D eigenvalue weighted by Gasteiger charge is -2.29. The maximum Gasteiger partial charge on any atom is 0.224 e. The highest BCUT2D eigenvalue weighted by Crippen LogP contribution is 2.26. The number of carbonyl (C=O) groups is 1. The molecule has 1 aromatic rings. The van der Waals surface area contributed by atoms with Gasteiger partial charge in [0.2, 0.25) is 5.91 Å². The van der Waals surface area contributed by atoms with Gasteiger partial charge in [0.25, 0.3) is 0 Å². The zero-order valence-corrected chi connectivity index (χ0v) is 11.2. The molecule has 2 atom stereocenters. The highest BCUT2D eigenvalue weighted by atomic mass is 19.1. The molecule has 5 heteroatoms. The molecule has 0 aromatic heterocycles. The van der Waals surface area contributed by atoms with Gasteiger partial charge in [-0.25, -0.2) is 8.78 Å².